The van der Waals surface area contributed by atoms with Crippen LogP contribution < -0.4 is 5.32 Å². The Morgan fingerprint density at radius 1 is 1.05 bits per heavy atom. The number of halogens is 2. The maximum atomic E-state index is 6.38. The van der Waals surface area contributed by atoms with E-state index in [9.17, 15) is 0 Å². The van der Waals surface area contributed by atoms with Crippen molar-refractivity contribution in [2.45, 2.75) is 39.2 Å². The number of aryl methyl sites for hydroxylation is 1. The van der Waals surface area contributed by atoms with Gasteiger partial charge in [0, 0.05) is 37.8 Å². The summed E-state index contributed by atoms with van der Waals surface area (Å²) < 4.78 is 0. The molecule has 0 saturated carbocycles. The summed E-state index contributed by atoms with van der Waals surface area (Å²) in [6, 6.07) is 10.3. The first-order valence-corrected chi connectivity index (χ1v) is 8.97. The van der Waals surface area contributed by atoms with Crippen LogP contribution in [0.5, 0.6) is 0 Å². The molecule has 0 bridgehead atoms. The predicted molar refractivity (Wildman–Crippen MR) is 94.9 cm³/mol. The van der Waals surface area contributed by atoms with Crippen molar-refractivity contribution >= 4 is 34.5 Å². The minimum absolute atomic E-state index is 0.162. The molecule has 1 nitrogen and oxygen atoms in total. The molecule has 1 aromatic carbocycles. The first-order chi connectivity index (χ1) is 10.2. The van der Waals surface area contributed by atoms with Crippen molar-refractivity contribution in [3.8, 4) is 0 Å². The van der Waals surface area contributed by atoms with E-state index in [4.69, 9.17) is 23.2 Å². The monoisotopic (exact) mass is 341 g/mol. The molecular weight excluding hydrogens is 321 g/mol. The zero-order valence-electron chi connectivity index (χ0n) is 12.5. The fourth-order valence-electron chi connectivity index (χ4n) is 2.36. The molecule has 4 heteroatoms. The van der Waals surface area contributed by atoms with Crippen molar-refractivity contribution in [3.05, 3.63) is 55.7 Å². The zero-order valence-corrected chi connectivity index (χ0v) is 14.8. The average Bonchev–Trinajstić information content (AvgIpc) is 2.92. The molecule has 1 N–H and O–H groups in total. The van der Waals surface area contributed by atoms with Crippen LogP contribution in [-0.2, 0) is 12.8 Å². The van der Waals surface area contributed by atoms with E-state index >= 15 is 0 Å². The Morgan fingerprint density at radius 3 is 2.29 bits per heavy atom. The second-order valence-corrected chi connectivity index (χ2v) is 7.14. The van der Waals surface area contributed by atoms with Crippen LogP contribution in [-0.4, -0.2) is 6.54 Å². The van der Waals surface area contributed by atoms with Crippen LogP contribution in [0.3, 0.4) is 0 Å². The van der Waals surface area contributed by atoms with E-state index in [0.717, 1.165) is 41.4 Å². The van der Waals surface area contributed by atoms with Crippen LogP contribution in [0, 0.1) is 0 Å². The lowest BCUT2D eigenvalue weighted by Crippen LogP contribution is -2.24. The van der Waals surface area contributed by atoms with Crippen LogP contribution in [0.25, 0.3) is 0 Å². The normalized spacial score (nSPS) is 12.6. The molecule has 0 spiro atoms. The van der Waals surface area contributed by atoms with Crippen LogP contribution in [0.4, 0.5) is 0 Å². The van der Waals surface area contributed by atoms with E-state index in [2.05, 4.69) is 31.3 Å². The van der Waals surface area contributed by atoms with Gasteiger partial charge in [-0.1, -0.05) is 43.1 Å². The van der Waals surface area contributed by atoms with Crippen LogP contribution in [0.15, 0.2) is 30.3 Å². The van der Waals surface area contributed by atoms with Gasteiger partial charge in [0.2, 0.25) is 0 Å². The fourth-order valence-corrected chi connectivity index (χ4v) is 4.03. The molecule has 2 aromatic rings. The van der Waals surface area contributed by atoms with Gasteiger partial charge in [0.15, 0.2) is 0 Å². The Morgan fingerprint density at radius 2 is 1.71 bits per heavy atom. The summed E-state index contributed by atoms with van der Waals surface area (Å²) in [7, 11) is 0. The van der Waals surface area contributed by atoms with Crippen molar-refractivity contribution < 1.29 is 0 Å². The molecule has 21 heavy (non-hydrogen) atoms. The summed E-state index contributed by atoms with van der Waals surface area (Å²) in [6.07, 6.45) is 3.10. The summed E-state index contributed by atoms with van der Waals surface area (Å²) in [5.41, 5.74) is 1.01. The quantitative estimate of drug-likeness (QED) is 0.660. The summed E-state index contributed by atoms with van der Waals surface area (Å²) in [5, 5.41) is 5.06. The third-order valence-electron chi connectivity index (χ3n) is 3.46. The maximum absolute atomic E-state index is 6.38. The molecule has 0 radical (unpaired) electrons. The Hall–Kier alpha value is -0.540. The molecule has 0 aliphatic carbocycles. The molecule has 0 saturated heterocycles. The molecule has 114 valence electrons. The van der Waals surface area contributed by atoms with E-state index < -0.39 is 0 Å². The minimum atomic E-state index is 0.162. The smallest absolute Gasteiger partial charge is 0.0468 e. The molecule has 0 fully saturated rings. The SMILES string of the molecule is CCCNC(Cc1ccc(CC)s1)c1c(Cl)cccc1Cl. The highest BCUT2D eigenvalue weighted by molar-refractivity contribution is 7.11. The van der Waals surface area contributed by atoms with Crippen LogP contribution in [0.1, 0.15) is 41.6 Å². The minimum Gasteiger partial charge on any atom is -0.310 e. The Labute approximate surface area is 141 Å². The third-order valence-corrected chi connectivity index (χ3v) is 5.37. The van der Waals surface area contributed by atoms with Crippen molar-refractivity contribution in [3.63, 3.8) is 0 Å². The van der Waals surface area contributed by atoms with Gasteiger partial charge in [-0.3, -0.25) is 0 Å². The molecule has 1 heterocycles. The fraction of sp³-hybridized carbons (Fsp3) is 0.412. The number of rotatable bonds is 7. The number of hydrogen-bond donors (Lipinski definition) is 1. The molecule has 1 atom stereocenters. The summed E-state index contributed by atoms with van der Waals surface area (Å²) >= 11 is 14.6. The first kappa shape index (κ1) is 16.8. The lowest BCUT2D eigenvalue weighted by molar-refractivity contribution is 0.532. The molecular formula is C17H21Cl2NS. The van der Waals surface area contributed by atoms with Gasteiger partial charge in [0.25, 0.3) is 0 Å². The zero-order chi connectivity index (χ0) is 15.2. The topological polar surface area (TPSA) is 12.0 Å². The Bertz CT molecular complexity index is 560. The second-order valence-electron chi connectivity index (χ2n) is 5.07. The summed E-state index contributed by atoms with van der Waals surface area (Å²) in [4.78, 5) is 2.79. The van der Waals surface area contributed by atoms with E-state index in [1.807, 2.05) is 29.5 Å². The molecule has 0 amide bonds. The summed E-state index contributed by atoms with van der Waals surface area (Å²) in [5.74, 6) is 0. The molecule has 1 unspecified atom stereocenters. The largest absolute Gasteiger partial charge is 0.310 e. The standard InChI is InChI=1S/C17H21Cl2NS/c1-3-10-20-16(11-13-9-8-12(4-2)21-13)17-14(18)6-5-7-15(17)19/h5-9,16,20H,3-4,10-11H2,1-2H3. The molecule has 1 aromatic heterocycles. The summed E-state index contributed by atoms with van der Waals surface area (Å²) in [6.45, 7) is 5.31. The van der Waals surface area contributed by atoms with Gasteiger partial charge in [-0.2, -0.15) is 0 Å². The van der Waals surface area contributed by atoms with Gasteiger partial charge >= 0.3 is 0 Å². The van der Waals surface area contributed by atoms with Gasteiger partial charge in [-0.15, -0.1) is 11.3 Å². The van der Waals surface area contributed by atoms with Gasteiger partial charge in [-0.05, 0) is 43.7 Å². The highest BCUT2D eigenvalue weighted by Crippen LogP contribution is 2.33. The van der Waals surface area contributed by atoms with E-state index in [1.54, 1.807) is 0 Å². The predicted octanol–water partition coefficient (Wildman–Crippen LogP) is 5.90. The Balaban J connectivity index is 2.25. The number of hydrogen-bond acceptors (Lipinski definition) is 2. The van der Waals surface area contributed by atoms with Gasteiger partial charge in [0.05, 0.1) is 0 Å². The third kappa shape index (κ3) is 4.46. The van der Waals surface area contributed by atoms with Crippen molar-refractivity contribution in [1.82, 2.24) is 5.32 Å². The Kier molecular flexibility index (Phi) is 6.56. The number of nitrogens with one attached hydrogen (secondary N) is 1. The van der Waals surface area contributed by atoms with Crippen LogP contribution >= 0.6 is 34.5 Å². The molecule has 0 aliphatic rings. The average molecular weight is 342 g/mol. The van der Waals surface area contributed by atoms with Gasteiger partial charge in [0.1, 0.15) is 0 Å². The second kappa shape index (κ2) is 8.19. The number of thiophene rings is 1. The highest BCUT2D eigenvalue weighted by Gasteiger charge is 2.18. The maximum Gasteiger partial charge on any atom is 0.0468 e. The van der Waals surface area contributed by atoms with Crippen molar-refractivity contribution in [2.24, 2.45) is 0 Å². The lowest BCUT2D eigenvalue weighted by Gasteiger charge is -2.21. The first-order valence-electron chi connectivity index (χ1n) is 7.40. The molecule has 2 rings (SSSR count). The molecule has 0 aliphatic heterocycles. The van der Waals surface area contributed by atoms with Crippen molar-refractivity contribution in [2.75, 3.05) is 6.54 Å². The van der Waals surface area contributed by atoms with Gasteiger partial charge < -0.3 is 5.32 Å². The van der Waals surface area contributed by atoms with E-state index in [1.165, 1.54) is 9.75 Å². The van der Waals surface area contributed by atoms with E-state index in [0.29, 0.717) is 0 Å². The van der Waals surface area contributed by atoms with E-state index in [-0.39, 0.29) is 6.04 Å². The highest BCUT2D eigenvalue weighted by atomic mass is 35.5. The van der Waals surface area contributed by atoms with Crippen LogP contribution in [0.2, 0.25) is 10.0 Å². The number of benzene rings is 1. The van der Waals surface area contributed by atoms with Crippen molar-refractivity contribution in [1.29, 1.82) is 0 Å². The lowest BCUT2D eigenvalue weighted by atomic mass is 10.0. The van der Waals surface area contributed by atoms with Gasteiger partial charge in [-0.25, -0.2) is 0 Å².